The van der Waals surface area contributed by atoms with Gasteiger partial charge in [0.2, 0.25) is 0 Å². The molecule has 102 valence electrons. The Hall–Kier alpha value is -1.93. The van der Waals surface area contributed by atoms with E-state index in [0.717, 1.165) is 15.6 Å². The largest absolute Gasteiger partial charge is 0.573 e. The first-order chi connectivity index (χ1) is 9.37. The molecule has 0 saturated carbocycles. The number of terminal acetylenes is 1. The van der Waals surface area contributed by atoms with Crippen molar-refractivity contribution in [1.29, 1.82) is 0 Å². The summed E-state index contributed by atoms with van der Waals surface area (Å²) in [4.78, 5) is 0. The number of hydrogen-bond acceptors (Lipinski definition) is 1. The first kappa shape index (κ1) is 14.5. The van der Waals surface area contributed by atoms with Gasteiger partial charge >= 0.3 is 6.36 Å². The molecule has 0 bridgehead atoms. The SMILES string of the molecule is C#Cc1cc(Br)cc(-c2ccc(OC(F)(F)F)cc2)c1. The summed E-state index contributed by atoms with van der Waals surface area (Å²) in [6.07, 6.45) is 0.657. The number of ether oxygens (including phenoxy) is 1. The molecule has 0 N–H and O–H groups in total. The Kier molecular flexibility index (Phi) is 4.05. The van der Waals surface area contributed by atoms with Crippen LogP contribution < -0.4 is 4.74 Å². The van der Waals surface area contributed by atoms with E-state index in [9.17, 15) is 13.2 Å². The second kappa shape index (κ2) is 5.59. The normalized spacial score (nSPS) is 10.9. The zero-order valence-electron chi connectivity index (χ0n) is 10.0. The van der Waals surface area contributed by atoms with E-state index >= 15 is 0 Å². The monoisotopic (exact) mass is 340 g/mol. The topological polar surface area (TPSA) is 9.23 Å². The molecule has 0 aliphatic heterocycles. The molecular formula is C15H8BrF3O. The van der Waals surface area contributed by atoms with Crippen molar-refractivity contribution in [3.05, 3.63) is 52.5 Å². The summed E-state index contributed by atoms with van der Waals surface area (Å²) < 4.78 is 40.8. The molecule has 0 amide bonds. The van der Waals surface area contributed by atoms with Crippen molar-refractivity contribution in [3.63, 3.8) is 0 Å². The molecule has 0 fully saturated rings. The maximum absolute atomic E-state index is 12.1. The third kappa shape index (κ3) is 3.78. The molecule has 2 aromatic carbocycles. The highest BCUT2D eigenvalue weighted by molar-refractivity contribution is 9.10. The van der Waals surface area contributed by atoms with E-state index in [0.29, 0.717) is 5.56 Å². The van der Waals surface area contributed by atoms with Gasteiger partial charge in [0.05, 0.1) is 0 Å². The van der Waals surface area contributed by atoms with Crippen molar-refractivity contribution in [2.24, 2.45) is 0 Å². The fraction of sp³-hybridized carbons (Fsp3) is 0.0667. The quantitative estimate of drug-likeness (QED) is 0.699. The van der Waals surface area contributed by atoms with Crippen molar-refractivity contribution in [3.8, 4) is 29.2 Å². The third-order valence-electron chi connectivity index (χ3n) is 2.49. The lowest BCUT2D eigenvalue weighted by Crippen LogP contribution is -2.16. The fourth-order valence-corrected chi connectivity index (χ4v) is 2.18. The van der Waals surface area contributed by atoms with Crippen LogP contribution in [-0.4, -0.2) is 6.36 Å². The molecule has 1 nitrogen and oxygen atoms in total. The molecule has 0 aliphatic rings. The van der Waals surface area contributed by atoms with Gasteiger partial charge in [-0.2, -0.15) is 0 Å². The second-order valence-electron chi connectivity index (χ2n) is 3.95. The Bertz CT molecular complexity index is 654. The van der Waals surface area contributed by atoms with Gasteiger partial charge in [-0.15, -0.1) is 19.6 Å². The summed E-state index contributed by atoms with van der Waals surface area (Å²) in [6.45, 7) is 0. The highest BCUT2D eigenvalue weighted by Crippen LogP contribution is 2.28. The summed E-state index contributed by atoms with van der Waals surface area (Å²) in [6, 6.07) is 11.0. The summed E-state index contributed by atoms with van der Waals surface area (Å²) >= 11 is 3.34. The Labute approximate surface area is 122 Å². The van der Waals surface area contributed by atoms with E-state index in [2.05, 4.69) is 26.6 Å². The lowest BCUT2D eigenvalue weighted by atomic mass is 10.0. The maximum Gasteiger partial charge on any atom is 0.573 e. The fourth-order valence-electron chi connectivity index (χ4n) is 1.69. The smallest absolute Gasteiger partial charge is 0.406 e. The van der Waals surface area contributed by atoms with Crippen LogP contribution in [0.1, 0.15) is 5.56 Å². The first-order valence-corrected chi connectivity index (χ1v) is 6.30. The Balaban J connectivity index is 2.31. The number of rotatable bonds is 2. The number of alkyl halides is 3. The zero-order chi connectivity index (χ0) is 14.8. The second-order valence-corrected chi connectivity index (χ2v) is 4.86. The van der Waals surface area contributed by atoms with E-state index < -0.39 is 6.36 Å². The molecule has 0 spiro atoms. The minimum Gasteiger partial charge on any atom is -0.406 e. The van der Waals surface area contributed by atoms with Gasteiger partial charge in [0.1, 0.15) is 5.75 Å². The molecule has 0 saturated heterocycles. The van der Waals surface area contributed by atoms with Crippen molar-refractivity contribution < 1.29 is 17.9 Å². The molecule has 0 aromatic heterocycles. The number of benzene rings is 2. The lowest BCUT2D eigenvalue weighted by molar-refractivity contribution is -0.274. The molecule has 0 atom stereocenters. The Morgan fingerprint density at radius 3 is 2.20 bits per heavy atom. The molecule has 0 unspecified atom stereocenters. The van der Waals surface area contributed by atoms with Gasteiger partial charge in [-0.25, -0.2) is 0 Å². The summed E-state index contributed by atoms with van der Waals surface area (Å²) in [5.41, 5.74) is 2.24. The molecule has 0 heterocycles. The van der Waals surface area contributed by atoms with E-state index in [4.69, 9.17) is 6.42 Å². The maximum atomic E-state index is 12.1. The molecule has 20 heavy (non-hydrogen) atoms. The third-order valence-corrected chi connectivity index (χ3v) is 2.94. The van der Waals surface area contributed by atoms with Gasteiger partial charge in [-0.3, -0.25) is 0 Å². The van der Waals surface area contributed by atoms with Gasteiger partial charge in [-0.05, 0) is 41.5 Å². The minimum atomic E-state index is -4.69. The van der Waals surface area contributed by atoms with Crippen molar-refractivity contribution in [2.45, 2.75) is 6.36 Å². The van der Waals surface area contributed by atoms with Gasteiger partial charge in [0.25, 0.3) is 0 Å². The molecular weight excluding hydrogens is 333 g/mol. The average Bonchev–Trinajstić information content (AvgIpc) is 2.37. The number of halogens is 4. The molecule has 5 heteroatoms. The average molecular weight is 341 g/mol. The minimum absolute atomic E-state index is 0.256. The lowest BCUT2D eigenvalue weighted by Gasteiger charge is -2.09. The van der Waals surface area contributed by atoms with Crippen LogP contribution in [0.4, 0.5) is 13.2 Å². The van der Waals surface area contributed by atoms with Gasteiger partial charge in [0, 0.05) is 10.0 Å². The summed E-state index contributed by atoms with van der Waals surface area (Å²) in [7, 11) is 0. The van der Waals surface area contributed by atoms with Crippen molar-refractivity contribution in [2.75, 3.05) is 0 Å². The Morgan fingerprint density at radius 1 is 1.00 bits per heavy atom. The van der Waals surface area contributed by atoms with Crippen LogP contribution in [0, 0.1) is 12.3 Å². The van der Waals surface area contributed by atoms with Crippen LogP contribution in [-0.2, 0) is 0 Å². The van der Waals surface area contributed by atoms with Crippen molar-refractivity contribution >= 4 is 15.9 Å². The van der Waals surface area contributed by atoms with Crippen LogP contribution in [0.2, 0.25) is 0 Å². The van der Waals surface area contributed by atoms with E-state index in [1.54, 1.807) is 24.3 Å². The number of hydrogen-bond donors (Lipinski definition) is 0. The predicted octanol–water partition coefficient (Wildman–Crippen LogP) is 5.00. The highest BCUT2D eigenvalue weighted by atomic mass is 79.9. The van der Waals surface area contributed by atoms with E-state index in [1.807, 2.05) is 6.07 Å². The molecule has 0 aliphatic carbocycles. The summed E-state index contributed by atoms with van der Waals surface area (Å²) in [5.74, 6) is 2.26. The van der Waals surface area contributed by atoms with Gasteiger partial charge < -0.3 is 4.74 Å². The van der Waals surface area contributed by atoms with Crippen LogP contribution in [0.15, 0.2) is 46.9 Å². The van der Waals surface area contributed by atoms with Crippen LogP contribution >= 0.6 is 15.9 Å². The van der Waals surface area contributed by atoms with E-state index in [-0.39, 0.29) is 5.75 Å². The summed E-state index contributed by atoms with van der Waals surface area (Å²) in [5, 5.41) is 0. The molecule has 2 aromatic rings. The first-order valence-electron chi connectivity index (χ1n) is 5.51. The van der Waals surface area contributed by atoms with Gasteiger partial charge in [-0.1, -0.05) is 34.0 Å². The van der Waals surface area contributed by atoms with Crippen LogP contribution in [0.3, 0.4) is 0 Å². The Morgan fingerprint density at radius 2 is 1.65 bits per heavy atom. The zero-order valence-corrected chi connectivity index (χ0v) is 11.6. The van der Waals surface area contributed by atoms with Crippen LogP contribution in [0.25, 0.3) is 11.1 Å². The van der Waals surface area contributed by atoms with Crippen molar-refractivity contribution in [1.82, 2.24) is 0 Å². The van der Waals surface area contributed by atoms with Gasteiger partial charge in [0.15, 0.2) is 0 Å². The molecule has 0 radical (unpaired) electrons. The standard InChI is InChI=1S/C15H8BrF3O/c1-2-10-7-12(9-13(16)8-10)11-3-5-14(6-4-11)20-15(17,18)19/h1,3-9H. The highest BCUT2D eigenvalue weighted by Gasteiger charge is 2.30. The predicted molar refractivity (Wildman–Crippen MR) is 74.2 cm³/mol. The van der Waals surface area contributed by atoms with E-state index in [1.165, 1.54) is 12.1 Å². The molecule has 2 rings (SSSR count). The van der Waals surface area contributed by atoms with Crippen LogP contribution in [0.5, 0.6) is 5.75 Å².